The molecule has 2 N–H and O–H groups in total. The van der Waals surface area contributed by atoms with E-state index in [0.717, 1.165) is 11.4 Å². The van der Waals surface area contributed by atoms with E-state index in [1.807, 2.05) is 47.4 Å². The summed E-state index contributed by atoms with van der Waals surface area (Å²) in [6.45, 7) is 0.239. The number of hydrogen-bond acceptors (Lipinski definition) is 4. The Morgan fingerprint density at radius 1 is 1.33 bits per heavy atom. The SMILES string of the molecule is CSOc1cccn1C/C=C/c1cccc(C(=O)NCC(=O)O)c1. The summed E-state index contributed by atoms with van der Waals surface area (Å²) >= 11 is 1.28. The van der Waals surface area contributed by atoms with E-state index in [0.29, 0.717) is 12.1 Å². The Hall–Kier alpha value is -2.67. The van der Waals surface area contributed by atoms with Gasteiger partial charge in [-0.25, -0.2) is 0 Å². The van der Waals surface area contributed by atoms with Crippen molar-refractivity contribution >= 4 is 30.0 Å². The average molecular weight is 346 g/mol. The lowest BCUT2D eigenvalue weighted by atomic mass is 10.1. The summed E-state index contributed by atoms with van der Waals surface area (Å²) in [4.78, 5) is 22.3. The van der Waals surface area contributed by atoms with Gasteiger partial charge in [0.15, 0.2) is 0 Å². The van der Waals surface area contributed by atoms with Crippen LogP contribution < -0.4 is 9.50 Å². The predicted octanol–water partition coefficient (Wildman–Crippen LogP) is 2.67. The molecule has 0 spiro atoms. The molecule has 1 heterocycles. The molecule has 0 aliphatic rings. The van der Waals surface area contributed by atoms with Gasteiger partial charge in [0.1, 0.15) is 6.54 Å². The Kier molecular flexibility index (Phi) is 6.51. The molecule has 0 atom stereocenters. The molecule has 0 unspecified atom stereocenters. The monoisotopic (exact) mass is 346 g/mol. The molecule has 1 amide bonds. The van der Waals surface area contributed by atoms with Gasteiger partial charge in [-0.2, -0.15) is 0 Å². The van der Waals surface area contributed by atoms with Gasteiger partial charge < -0.3 is 19.2 Å². The van der Waals surface area contributed by atoms with Crippen LogP contribution in [-0.2, 0) is 11.3 Å². The van der Waals surface area contributed by atoms with Crippen LogP contribution in [0.15, 0.2) is 48.7 Å². The Balaban J connectivity index is 1.99. The first-order valence-electron chi connectivity index (χ1n) is 7.22. The first-order chi connectivity index (χ1) is 11.6. The Bertz CT molecular complexity index is 740. The van der Waals surface area contributed by atoms with Crippen molar-refractivity contribution in [2.24, 2.45) is 0 Å². The van der Waals surface area contributed by atoms with Crippen LogP contribution in [0.4, 0.5) is 0 Å². The van der Waals surface area contributed by atoms with Crippen LogP contribution in [0.3, 0.4) is 0 Å². The topological polar surface area (TPSA) is 80.6 Å². The molecule has 1 aromatic carbocycles. The van der Waals surface area contributed by atoms with Gasteiger partial charge in [0.05, 0.1) is 12.0 Å². The highest BCUT2D eigenvalue weighted by Gasteiger charge is 2.07. The molecule has 0 aliphatic carbocycles. The quantitative estimate of drug-likeness (QED) is 0.718. The number of carbonyl (C=O) groups excluding carboxylic acids is 1. The van der Waals surface area contributed by atoms with Crippen LogP contribution in [0.1, 0.15) is 15.9 Å². The highest BCUT2D eigenvalue weighted by atomic mass is 32.2. The molecule has 0 aliphatic heterocycles. The Morgan fingerprint density at radius 2 is 2.17 bits per heavy atom. The van der Waals surface area contributed by atoms with E-state index in [9.17, 15) is 9.59 Å². The maximum Gasteiger partial charge on any atom is 0.322 e. The molecule has 1 aromatic heterocycles. The van der Waals surface area contributed by atoms with Crippen LogP contribution in [-0.4, -0.2) is 34.4 Å². The maximum atomic E-state index is 11.9. The number of aliphatic carboxylic acids is 1. The molecular formula is C17H18N2O4S. The van der Waals surface area contributed by atoms with E-state index in [2.05, 4.69) is 5.32 Å². The minimum Gasteiger partial charge on any atom is -0.480 e. The van der Waals surface area contributed by atoms with Gasteiger partial charge in [0.25, 0.3) is 5.91 Å². The van der Waals surface area contributed by atoms with Gasteiger partial charge in [-0.3, -0.25) is 9.59 Å². The second kappa shape index (κ2) is 8.83. The Morgan fingerprint density at radius 3 is 2.92 bits per heavy atom. The second-order valence-corrected chi connectivity index (χ2v) is 5.35. The fraction of sp³-hybridized carbons (Fsp3) is 0.176. The smallest absolute Gasteiger partial charge is 0.322 e. The molecule has 0 saturated carbocycles. The summed E-state index contributed by atoms with van der Waals surface area (Å²) < 4.78 is 7.38. The van der Waals surface area contributed by atoms with Gasteiger partial charge >= 0.3 is 5.97 Å². The van der Waals surface area contributed by atoms with Crippen molar-refractivity contribution < 1.29 is 18.9 Å². The number of carboxylic acid groups (broad SMARTS) is 1. The van der Waals surface area contributed by atoms with Crippen molar-refractivity contribution in [2.75, 3.05) is 12.8 Å². The molecule has 0 bridgehead atoms. The highest BCUT2D eigenvalue weighted by molar-refractivity contribution is 7.94. The lowest BCUT2D eigenvalue weighted by Gasteiger charge is -2.05. The van der Waals surface area contributed by atoms with Crippen molar-refractivity contribution in [1.29, 1.82) is 0 Å². The third-order valence-corrected chi connectivity index (χ3v) is 3.46. The molecule has 2 aromatic rings. The van der Waals surface area contributed by atoms with Crippen LogP contribution in [0, 0.1) is 0 Å². The van der Waals surface area contributed by atoms with Crippen molar-refractivity contribution in [3.63, 3.8) is 0 Å². The van der Waals surface area contributed by atoms with E-state index in [-0.39, 0.29) is 0 Å². The summed E-state index contributed by atoms with van der Waals surface area (Å²) in [5.74, 6) is -0.711. The van der Waals surface area contributed by atoms with E-state index in [1.165, 1.54) is 12.0 Å². The van der Waals surface area contributed by atoms with Gasteiger partial charge in [-0.15, -0.1) is 0 Å². The maximum absolute atomic E-state index is 11.9. The molecule has 2 rings (SSSR count). The van der Waals surface area contributed by atoms with E-state index in [1.54, 1.807) is 18.2 Å². The molecule has 0 fully saturated rings. The van der Waals surface area contributed by atoms with Gasteiger partial charge in [-0.05, 0) is 23.8 Å². The van der Waals surface area contributed by atoms with Crippen molar-refractivity contribution in [3.05, 3.63) is 59.8 Å². The zero-order valence-electron chi connectivity index (χ0n) is 13.1. The van der Waals surface area contributed by atoms with E-state index >= 15 is 0 Å². The first kappa shape index (κ1) is 17.7. The molecule has 126 valence electrons. The molecule has 0 saturated heterocycles. The van der Waals surface area contributed by atoms with E-state index < -0.39 is 18.4 Å². The summed E-state index contributed by atoms with van der Waals surface area (Å²) in [6, 6.07) is 10.8. The predicted molar refractivity (Wildman–Crippen MR) is 94.0 cm³/mol. The summed E-state index contributed by atoms with van der Waals surface area (Å²) in [5, 5.41) is 10.9. The number of amides is 1. The minimum absolute atomic E-state index is 0.398. The lowest BCUT2D eigenvalue weighted by Crippen LogP contribution is -2.29. The highest BCUT2D eigenvalue weighted by Crippen LogP contribution is 2.16. The number of allylic oxidation sites excluding steroid dienone is 1. The lowest BCUT2D eigenvalue weighted by molar-refractivity contribution is -0.135. The normalized spacial score (nSPS) is 10.7. The zero-order chi connectivity index (χ0) is 17.4. The minimum atomic E-state index is -1.07. The number of benzene rings is 1. The second-order valence-electron chi connectivity index (χ2n) is 4.85. The van der Waals surface area contributed by atoms with Crippen molar-refractivity contribution in [1.82, 2.24) is 9.88 Å². The standard InChI is InChI=1S/C17H18N2O4S/c1-24-23-15-8-4-10-19(15)9-3-6-13-5-2-7-14(11-13)17(22)18-12-16(20)21/h2-8,10-11H,9,12H2,1H3,(H,18,22)(H,20,21)/b6-3+. The van der Waals surface area contributed by atoms with Gasteiger partial charge in [-0.1, -0.05) is 24.3 Å². The number of carbonyl (C=O) groups is 2. The number of nitrogens with zero attached hydrogens (tertiary/aromatic N) is 1. The third kappa shape index (κ3) is 5.20. The number of hydrogen-bond donors (Lipinski definition) is 2. The number of rotatable bonds is 8. The van der Waals surface area contributed by atoms with Crippen LogP contribution in [0.25, 0.3) is 6.08 Å². The summed E-state index contributed by atoms with van der Waals surface area (Å²) in [5.41, 5.74) is 1.28. The van der Waals surface area contributed by atoms with Crippen molar-refractivity contribution in [3.8, 4) is 5.88 Å². The van der Waals surface area contributed by atoms with Crippen molar-refractivity contribution in [2.45, 2.75) is 6.54 Å². The molecule has 7 heteroatoms. The van der Waals surface area contributed by atoms with Crippen LogP contribution >= 0.6 is 12.0 Å². The number of carboxylic acids is 1. The van der Waals surface area contributed by atoms with Gasteiger partial charge in [0.2, 0.25) is 5.88 Å². The van der Waals surface area contributed by atoms with Gasteiger partial charge in [0, 0.05) is 30.6 Å². The first-order valence-corrected chi connectivity index (χ1v) is 8.37. The molecular weight excluding hydrogens is 328 g/mol. The molecule has 0 radical (unpaired) electrons. The zero-order valence-corrected chi connectivity index (χ0v) is 14.0. The summed E-state index contributed by atoms with van der Waals surface area (Å²) in [6.07, 6.45) is 7.64. The number of aromatic nitrogens is 1. The molecule has 6 nitrogen and oxygen atoms in total. The van der Waals surface area contributed by atoms with Crippen LogP contribution in [0.5, 0.6) is 5.88 Å². The van der Waals surface area contributed by atoms with E-state index in [4.69, 9.17) is 9.29 Å². The van der Waals surface area contributed by atoms with Crippen LogP contribution in [0.2, 0.25) is 0 Å². The fourth-order valence-electron chi connectivity index (χ4n) is 2.05. The largest absolute Gasteiger partial charge is 0.480 e. The Labute approximate surface area is 144 Å². The third-order valence-electron chi connectivity index (χ3n) is 3.12. The number of nitrogens with one attached hydrogen (secondary N) is 1. The fourth-order valence-corrected chi connectivity index (χ4v) is 2.38. The molecule has 24 heavy (non-hydrogen) atoms. The summed E-state index contributed by atoms with van der Waals surface area (Å²) in [7, 11) is 0. The average Bonchev–Trinajstić information content (AvgIpc) is 3.00.